The zero-order valence-electron chi connectivity index (χ0n) is 8.03. The van der Waals surface area contributed by atoms with E-state index in [2.05, 4.69) is 0 Å². The Kier molecular flexibility index (Phi) is 2.00. The topological polar surface area (TPSA) is 39.4 Å². The van der Waals surface area contributed by atoms with Crippen LogP contribution in [0.15, 0.2) is 28.7 Å². The molecule has 1 heterocycles. The third kappa shape index (κ3) is 1.27. The number of carbonyl (C=O) groups is 1. The minimum atomic E-state index is -0.0803. The fraction of sp³-hybridized carbons (Fsp3) is 0.182. The maximum atomic E-state index is 11.1. The number of hydrogen-bond donors (Lipinski definition) is 0. The first-order valence-corrected chi connectivity index (χ1v) is 4.30. The van der Waals surface area contributed by atoms with Crippen LogP contribution in [0.3, 0.4) is 0 Å². The summed E-state index contributed by atoms with van der Waals surface area (Å²) in [7, 11) is 1.59. The lowest BCUT2D eigenvalue weighted by Crippen LogP contribution is -1.85. The van der Waals surface area contributed by atoms with Crippen LogP contribution >= 0.6 is 0 Å². The van der Waals surface area contributed by atoms with Crippen molar-refractivity contribution in [3.8, 4) is 5.75 Å². The fourth-order valence-electron chi connectivity index (χ4n) is 1.39. The number of ketones is 1. The zero-order chi connectivity index (χ0) is 10.1. The number of methoxy groups -OCH3 is 1. The number of benzene rings is 1. The Hall–Kier alpha value is -1.77. The van der Waals surface area contributed by atoms with E-state index in [9.17, 15) is 4.79 Å². The summed E-state index contributed by atoms with van der Waals surface area (Å²) in [4.78, 5) is 11.1. The number of rotatable bonds is 2. The molecule has 0 aliphatic rings. The second kappa shape index (κ2) is 3.18. The summed E-state index contributed by atoms with van der Waals surface area (Å²) in [6.45, 7) is 1.48. The molecule has 0 fully saturated rings. The van der Waals surface area contributed by atoms with Crippen molar-refractivity contribution in [2.75, 3.05) is 7.11 Å². The second-order valence-electron chi connectivity index (χ2n) is 3.04. The lowest BCUT2D eigenvalue weighted by Gasteiger charge is -1.98. The first kappa shape index (κ1) is 8.81. The van der Waals surface area contributed by atoms with E-state index < -0.39 is 0 Å². The van der Waals surface area contributed by atoms with E-state index in [1.54, 1.807) is 13.2 Å². The van der Waals surface area contributed by atoms with Gasteiger partial charge in [-0.2, -0.15) is 0 Å². The lowest BCUT2D eigenvalue weighted by molar-refractivity contribution is 0.0989. The number of ether oxygens (including phenoxy) is 1. The van der Waals surface area contributed by atoms with Crippen molar-refractivity contribution < 1.29 is 13.9 Å². The van der Waals surface area contributed by atoms with Crippen LogP contribution < -0.4 is 4.74 Å². The normalized spacial score (nSPS) is 10.4. The summed E-state index contributed by atoms with van der Waals surface area (Å²) in [5, 5.41) is 0.834. The molecule has 0 N–H and O–H groups in total. The molecule has 0 aliphatic heterocycles. The highest BCUT2D eigenvalue weighted by Gasteiger charge is 2.10. The van der Waals surface area contributed by atoms with Gasteiger partial charge in [-0.1, -0.05) is 6.07 Å². The van der Waals surface area contributed by atoms with Gasteiger partial charge in [-0.3, -0.25) is 4.79 Å². The van der Waals surface area contributed by atoms with Crippen LogP contribution in [0.4, 0.5) is 0 Å². The Morgan fingerprint density at radius 1 is 1.43 bits per heavy atom. The Labute approximate surface area is 81.3 Å². The Balaban J connectivity index is 2.70. The van der Waals surface area contributed by atoms with Crippen LogP contribution in [-0.4, -0.2) is 12.9 Å². The van der Waals surface area contributed by atoms with Crippen molar-refractivity contribution >= 4 is 16.8 Å². The average Bonchev–Trinajstić information content (AvgIpc) is 2.60. The number of Topliss-reactive ketones (excluding diaryl/α,β-unsaturated/α-hetero) is 1. The zero-order valence-corrected chi connectivity index (χ0v) is 8.03. The highest BCUT2D eigenvalue weighted by Crippen LogP contribution is 2.28. The molecule has 72 valence electrons. The number of carbonyl (C=O) groups excluding carboxylic acids is 1. The van der Waals surface area contributed by atoms with E-state index in [4.69, 9.17) is 9.15 Å². The van der Waals surface area contributed by atoms with E-state index in [0.717, 1.165) is 11.1 Å². The van der Waals surface area contributed by atoms with Crippen LogP contribution in [0, 0.1) is 0 Å². The molecule has 2 rings (SSSR count). The van der Waals surface area contributed by atoms with Gasteiger partial charge in [-0.15, -0.1) is 0 Å². The fourth-order valence-corrected chi connectivity index (χ4v) is 1.39. The number of furan rings is 1. The SMILES string of the molecule is COc1cccc2oc(C(C)=O)cc12. The van der Waals surface area contributed by atoms with Crippen LogP contribution in [0.2, 0.25) is 0 Å². The molecule has 0 atom stereocenters. The molecular formula is C11H10O3. The molecule has 2 aromatic rings. The largest absolute Gasteiger partial charge is 0.496 e. The van der Waals surface area contributed by atoms with Crippen LogP contribution in [0.5, 0.6) is 5.75 Å². The maximum absolute atomic E-state index is 11.1. The van der Waals surface area contributed by atoms with Crippen LogP contribution in [0.1, 0.15) is 17.5 Å². The van der Waals surface area contributed by atoms with E-state index >= 15 is 0 Å². The first-order valence-electron chi connectivity index (χ1n) is 4.30. The van der Waals surface area contributed by atoms with E-state index in [-0.39, 0.29) is 5.78 Å². The minimum absolute atomic E-state index is 0.0803. The van der Waals surface area contributed by atoms with Crippen LogP contribution in [-0.2, 0) is 0 Å². The molecule has 0 unspecified atom stereocenters. The monoisotopic (exact) mass is 190 g/mol. The first-order chi connectivity index (χ1) is 6.72. The van der Waals surface area contributed by atoms with Crippen molar-refractivity contribution in [3.05, 3.63) is 30.0 Å². The molecule has 0 aliphatic carbocycles. The molecule has 0 bridgehead atoms. The second-order valence-corrected chi connectivity index (χ2v) is 3.04. The van der Waals surface area contributed by atoms with Crippen molar-refractivity contribution in [1.29, 1.82) is 0 Å². The van der Waals surface area contributed by atoms with Gasteiger partial charge in [0.05, 0.1) is 12.5 Å². The van der Waals surface area contributed by atoms with Gasteiger partial charge < -0.3 is 9.15 Å². The minimum Gasteiger partial charge on any atom is -0.496 e. The molecule has 14 heavy (non-hydrogen) atoms. The molecule has 0 radical (unpaired) electrons. The summed E-state index contributed by atoms with van der Waals surface area (Å²) in [5.74, 6) is 1.01. The van der Waals surface area contributed by atoms with Gasteiger partial charge in [0.25, 0.3) is 0 Å². The standard InChI is InChI=1S/C11H10O3/c1-7(12)11-6-8-9(13-2)4-3-5-10(8)14-11/h3-6H,1-2H3. The Morgan fingerprint density at radius 3 is 2.86 bits per heavy atom. The highest BCUT2D eigenvalue weighted by molar-refractivity contribution is 5.97. The van der Waals surface area contributed by atoms with Crippen molar-refractivity contribution in [2.45, 2.75) is 6.92 Å². The van der Waals surface area contributed by atoms with Crippen molar-refractivity contribution in [2.24, 2.45) is 0 Å². The van der Waals surface area contributed by atoms with Gasteiger partial charge >= 0.3 is 0 Å². The van der Waals surface area contributed by atoms with E-state index in [0.29, 0.717) is 11.3 Å². The quantitative estimate of drug-likeness (QED) is 0.683. The Morgan fingerprint density at radius 2 is 2.21 bits per heavy atom. The molecular weight excluding hydrogens is 180 g/mol. The summed E-state index contributed by atoms with van der Waals surface area (Å²) < 4.78 is 10.5. The molecule has 0 amide bonds. The predicted octanol–water partition coefficient (Wildman–Crippen LogP) is 2.64. The van der Waals surface area contributed by atoms with Crippen molar-refractivity contribution in [1.82, 2.24) is 0 Å². The van der Waals surface area contributed by atoms with Gasteiger partial charge in [0, 0.05) is 6.92 Å². The lowest BCUT2D eigenvalue weighted by atomic mass is 10.2. The molecule has 0 saturated carbocycles. The van der Waals surface area contributed by atoms with E-state index in [1.807, 2.05) is 18.2 Å². The van der Waals surface area contributed by atoms with Gasteiger partial charge in [0.15, 0.2) is 11.5 Å². The van der Waals surface area contributed by atoms with Gasteiger partial charge in [-0.05, 0) is 18.2 Å². The summed E-state index contributed by atoms with van der Waals surface area (Å²) in [6, 6.07) is 7.18. The maximum Gasteiger partial charge on any atom is 0.194 e. The van der Waals surface area contributed by atoms with Gasteiger partial charge in [0.2, 0.25) is 0 Å². The third-order valence-corrected chi connectivity index (χ3v) is 2.09. The van der Waals surface area contributed by atoms with Gasteiger partial charge in [-0.25, -0.2) is 0 Å². The summed E-state index contributed by atoms with van der Waals surface area (Å²) >= 11 is 0. The van der Waals surface area contributed by atoms with Crippen molar-refractivity contribution in [3.63, 3.8) is 0 Å². The molecule has 3 nitrogen and oxygen atoms in total. The smallest absolute Gasteiger partial charge is 0.194 e. The molecule has 0 saturated heterocycles. The average molecular weight is 190 g/mol. The number of hydrogen-bond acceptors (Lipinski definition) is 3. The predicted molar refractivity (Wildman–Crippen MR) is 52.8 cm³/mol. The van der Waals surface area contributed by atoms with E-state index in [1.165, 1.54) is 6.92 Å². The summed E-state index contributed by atoms with van der Waals surface area (Å²) in [6.07, 6.45) is 0. The highest BCUT2D eigenvalue weighted by atomic mass is 16.5. The van der Waals surface area contributed by atoms with Crippen LogP contribution in [0.25, 0.3) is 11.0 Å². The third-order valence-electron chi connectivity index (χ3n) is 2.09. The Bertz CT molecular complexity index is 482. The molecule has 0 spiro atoms. The molecule has 3 heteroatoms. The number of fused-ring (bicyclic) bond motifs is 1. The van der Waals surface area contributed by atoms with Gasteiger partial charge in [0.1, 0.15) is 11.3 Å². The molecule has 1 aromatic carbocycles. The summed E-state index contributed by atoms with van der Waals surface area (Å²) in [5.41, 5.74) is 0.676. The molecule has 1 aromatic heterocycles.